The molecule has 2 rings (SSSR count). The van der Waals surface area contributed by atoms with Gasteiger partial charge in [0.1, 0.15) is 17.3 Å². The zero-order chi connectivity index (χ0) is 15.1. The van der Waals surface area contributed by atoms with Gasteiger partial charge in [0.25, 0.3) is 5.91 Å². The molecular formula is C16H14FNO2S. The first kappa shape index (κ1) is 15.2. The molecule has 3 nitrogen and oxygen atoms in total. The Labute approximate surface area is 126 Å². The molecule has 1 heterocycles. The highest BCUT2D eigenvalue weighted by Gasteiger charge is 2.11. The Morgan fingerprint density at radius 2 is 2.05 bits per heavy atom. The molecular weight excluding hydrogens is 289 g/mol. The molecule has 0 aliphatic carbocycles. The molecule has 5 heteroatoms. The molecule has 1 amide bonds. The van der Waals surface area contributed by atoms with Crippen molar-refractivity contribution in [3.8, 4) is 11.8 Å². The van der Waals surface area contributed by atoms with Crippen molar-refractivity contribution in [2.75, 3.05) is 13.2 Å². The standard InChI is InChI=1S/C16H14FNO2S/c17-14-5-3-12(4-6-14)7-9-18-16(20)15-13(2-1-10-19)8-11-21-15/h3-6,8,11,19H,7,9-10H2,(H,18,20). The van der Waals surface area contributed by atoms with Gasteiger partial charge in [-0.3, -0.25) is 4.79 Å². The summed E-state index contributed by atoms with van der Waals surface area (Å²) in [5.41, 5.74) is 1.58. The van der Waals surface area contributed by atoms with Crippen LogP contribution in [0.15, 0.2) is 35.7 Å². The number of hydrogen-bond donors (Lipinski definition) is 2. The number of aliphatic hydroxyl groups is 1. The molecule has 0 saturated heterocycles. The van der Waals surface area contributed by atoms with Crippen LogP contribution in [0.5, 0.6) is 0 Å². The summed E-state index contributed by atoms with van der Waals surface area (Å²) in [5.74, 6) is 4.82. The second-order valence-electron chi connectivity index (χ2n) is 4.26. The fraction of sp³-hybridized carbons (Fsp3) is 0.188. The minimum Gasteiger partial charge on any atom is -0.384 e. The fourth-order valence-corrected chi connectivity index (χ4v) is 2.54. The predicted molar refractivity (Wildman–Crippen MR) is 80.7 cm³/mol. The largest absolute Gasteiger partial charge is 0.384 e. The van der Waals surface area contributed by atoms with Crippen LogP contribution in [-0.2, 0) is 6.42 Å². The van der Waals surface area contributed by atoms with E-state index in [9.17, 15) is 9.18 Å². The molecule has 0 bridgehead atoms. The zero-order valence-electron chi connectivity index (χ0n) is 11.2. The van der Waals surface area contributed by atoms with Crippen LogP contribution in [0.25, 0.3) is 0 Å². The van der Waals surface area contributed by atoms with Gasteiger partial charge < -0.3 is 10.4 Å². The molecule has 1 aromatic carbocycles. The van der Waals surface area contributed by atoms with Crippen molar-refractivity contribution in [2.24, 2.45) is 0 Å². The van der Waals surface area contributed by atoms with Crippen molar-refractivity contribution >= 4 is 17.2 Å². The molecule has 0 saturated carbocycles. The average Bonchev–Trinajstić information content (AvgIpc) is 2.95. The third kappa shape index (κ3) is 4.42. The van der Waals surface area contributed by atoms with Crippen molar-refractivity contribution < 1.29 is 14.3 Å². The Balaban J connectivity index is 1.90. The van der Waals surface area contributed by atoms with Crippen molar-refractivity contribution in [1.29, 1.82) is 0 Å². The van der Waals surface area contributed by atoms with Crippen LogP contribution < -0.4 is 5.32 Å². The summed E-state index contributed by atoms with van der Waals surface area (Å²) in [6.07, 6.45) is 0.634. The first-order chi connectivity index (χ1) is 10.2. The molecule has 2 aromatic rings. The van der Waals surface area contributed by atoms with Crippen molar-refractivity contribution in [1.82, 2.24) is 5.32 Å². The van der Waals surface area contributed by atoms with Crippen LogP contribution in [-0.4, -0.2) is 24.2 Å². The van der Waals surface area contributed by atoms with Crippen LogP contribution in [0.4, 0.5) is 4.39 Å². The number of thiophene rings is 1. The third-order valence-corrected chi connectivity index (χ3v) is 3.70. The maximum Gasteiger partial charge on any atom is 0.262 e. The molecule has 21 heavy (non-hydrogen) atoms. The number of halogens is 1. The maximum atomic E-state index is 12.8. The third-order valence-electron chi connectivity index (χ3n) is 2.79. The van der Waals surface area contributed by atoms with Crippen molar-refractivity contribution in [2.45, 2.75) is 6.42 Å². The molecule has 0 unspecified atom stereocenters. The van der Waals surface area contributed by atoms with Gasteiger partial charge in [-0.2, -0.15) is 0 Å². The summed E-state index contributed by atoms with van der Waals surface area (Å²) in [6.45, 7) is 0.233. The van der Waals surface area contributed by atoms with Crippen molar-refractivity contribution in [3.63, 3.8) is 0 Å². The number of nitrogens with one attached hydrogen (secondary N) is 1. The highest BCUT2D eigenvalue weighted by Crippen LogP contribution is 2.15. The smallest absolute Gasteiger partial charge is 0.262 e. The van der Waals surface area contributed by atoms with E-state index in [-0.39, 0.29) is 18.3 Å². The molecule has 0 aliphatic heterocycles. The van der Waals surface area contributed by atoms with E-state index in [2.05, 4.69) is 17.2 Å². The van der Waals surface area contributed by atoms with E-state index < -0.39 is 0 Å². The van der Waals surface area contributed by atoms with Crippen LogP contribution in [0.1, 0.15) is 20.8 Å². The van der Waals surface area contributed by atoms with Crippen LogP contribution >= 0.6 is 11.3 Å². The summed E-state index contributed by atoms with van der Waals surface area (Å²) in [5, 5.41) is 13.3. The summed E-state index contributed by atoms with van der Waals surface area (Å²) in [4.78, 5) is 12.6. The minimum atomic E-state index is -0.270. The number of benzene rings is 1. The first-order valence-corrected chi connectivity index (χ1v) is 7.28. The van der Waals surface area contributed by atoms with E-state index in [0.717, 1.165) is 5.56 Å². The van der Waals surface area contributed by atoms with E-state index >= 15 is 0 Å². The Hall–Kier alpha value is -2.16. The topological polar surface area (TPSA) is 49.3 Å². The van der Waals surface area contributed by atoms with Crippen LogP contribution in [0.2, 0.25) is 0 Å². The highest BCUT2D eigenvalue weighted by atomic mass is 32.1. The van der Waals surface area contributed by atoms with Gasteiger partial charge in [0, 0.05) is 12.1 Å². The lowest BCUT2D eigenvalue weighted by Crippen LogP contribution is -2.25. The van der Waals surface area contributed by atoms with E-state index in [1.54, 1.807) is 23.6 Å². The predicted octanol–water partition coefficient (Wildman–Crippen LogP) is 2.20. The quantitative estimate of drug-likeness (QED) is 0.851. The second kappa shape index (κ2) is 7.58. The number of amides is 1. The zero-order valence-corrected chi connectivity index (χ0v) is 12.0. The first-order valence-electron chi connectivity index (χ1n) is 6.40. The summed E-state index contributed by atoms with van der Waals surface area (Å²) >= 11 is 1.31. The second-order valence-corrected chi connectivity index (χ2v) is 5.17. The van der Waals surface area contributed by atoms with E-state index in [4.69, 9.17) is 5.11 Å². The normalized spacial score (nSPS) is 9.81. The highest BCUT2D eigenvalue weighted by molar-refractivity contribution is 7.12. The SMILES string of the molecule is O=C(NCCc1ccc(F)cc1)c1sccc1C#CCO. The monoisotopic (exact) mass is 303 g/mol. The molecule has 1 aromatic heterocycles. The summed E-state index contributed by atoms with van der Waals surface area (Å²) in [6, 6.07) is 7.95. The maximum absolute atomic E-state index is 12.8. The lowest BCUT2D eigenvalue weighted by molar-refractivity contribution is 0.0958. The van der Waals surface area contributed by atoms with E-state index in [1.807, 2.05) is 0 Å². The summed E-state index contributed by atoms with van der Waals surface area (Å²) in [7, 11) is 0. The van der Waals surface area contributed by atoms with Crippen molar-refractivity contribution in [3.05, 3.63) is 57.5 Å². The van der Waals surface area contributed by atoms with E-state index in [0.29, 0.717) is 23.4 Å². The molecule has 0 spiro atoms. The lowest BCUT2D eigenvalue weighted by atomic mass is 10.1. The number of rotatable bonds is 4. The molecule has 0 aliphatic rings. The Kier molecular flexibility index (Phi) is 5.50. The molecule has 108 valence electrons. The fourth-order valence-electron chi connectivity index (χ4n) is 1.77. The number of carbonyl (C=O) groups excluding carboxylic acids is 1. The minimum absolute atomic E-state index is 0.186. The lowest BCUT2D eigenvalue weighted by Gasteiger charge is -2.04. The number of carbonyl (C=O) groups is 1. The van der Waals surface area contributed by atoms with Gasteiger partial charge in [0.15, 0.2) is 0 Å². The van der Waals surface area contributed by atoms with Gasteiger partial charge in [-0.25, -0.2) is 4.39 Å². The van der Waals surface area contributed by atoms with Gasteiger partial charge in [-0.05, 0) is 35.6 Å². The Morgan fingerprint density at radius 3 is 2.76 bits per heavy atom. The van der Waals surface area contributed by atoms with Gasteiger partial charge in [0.2, 0.25) is 0 Å². The van der Waals surface area contributed by atoms with Crippen LogP contribution in [0, 0.1) is 17.7 Å². The average molecular weight is 303 g/mol. The van der Waals surface area contributed by atoms with E-state index in [1.165, 1.54) is 23.5 Å². The summed E-state index contributed by atoms with van der Waals surface area (Å²) < 4.78 is 12.8. The van der Waals surface area contributed by atoms with Gasteiger partial charge in [-0.1, -0.05) is 24.0 Å². The molecule has 0 radical (unpaired) electrons. The van der Waals surface area contributed by atoms with Crippen LogP contribution in [0.3, 0.4) is 0 Å². The number of aliphatic hydroxyl groups excluding tert-OH is 1. The number of hydrogen-bond acceptors (Lipinski definition) is 3. The molecule has 2 N–H and O–H groups in total. The van der Waals surface area contributed by atoms with Gasteiger partial charge in [0.05, 0.1) is 0 Å². The molecule has 0 fully saturated rings. The van der Waals surface area contributed by atoms with Gasteiger partial charge in [-0.15, -0.1) is 11.3 Å². The Morgan fingerprint density at radius 1 is 1.29 bits per heavy atom. The van der Waals surface area contributed by atoms with Gasteiger partial charge >= 0.3 is 0 Å². The Bertz CT molecular complexity index is 668. The molecule has 0 atom stereocenters.